The lowest BCUT2D eigenvalue weighted by Gasteiger charge is -2.25. The van der Waals surface area contributed by atoms with Crippen molar-refractivity contribution in [3.63, 3.8) is 0 Å². The molecule has 0 atom stereocenters. The number of carbonyl (C=O) groups is 1. The first-order chi connectivity index (χ1) is 15.1. The number of phenolic OH excluding ortho intramolecular Hbond substituents is 1. The molecule has 0 fully saturated rings. The van der Waals surface area contributed by atoms with Gasteiger partial charge in [-0.25, -0.2) is 0 Å². The van der Waals surface area contributed by atoms with Crippen molar-refractivity contribution in [2.24, 2.45) is 0 Å². The van der Waals surface area contributed by atoms with Gasteiger partial charge in [-0.1, -0.05) is 42.5 Å². The molecule has 4 aromatic carbocycles. The van der Waals surface area contributed by atoms with Crippen LogP contribution in [-0.2, 0) is 6.54 Å². The number of nitrogens with one attached hydrogen (secondary N) is 1. The smallest absolute Gasteiger partial charge is 0.255 e. The van der Waals surface area contributed by atoms with Gasteiger partial charge in [0.05, 0.1) is 11.4 Å². The molecular formula is C26H23N3O2. The van der Waals surface area contributed by atoms with Crippen LogP contribution in [0.2, 0.25) is 0 Å². The number of nitrogens with zero attached hydrogens (tertiary/aromatic N) is 1. The lowest BCUT2D eigenvalue weighted by Crippen LogP contribution is -2.17. The lowest BCUT2D eigenvalue weighted by atomic mass is 10.1. The van der Waals surface area contributed by atoms with E-state index in [4.69, 9.17) is 5.73 Å². The molecule has 5 heteroatoms. The predicted molar refractivity (Wildman–Crippen MR) is 126 cm³/mol. The van der Waals surface area contributed by atoms with Gasteiger partial charge in [0, 0.05) is 23.5 Å². The molecule has 0 saturated carbocycles. The highest BCUT2D eigenvalue weighted by Crippen LogP contribution is 2.29. The number of nitrogens with two attached hydrogens (primary N) is 1. The molecule has 0 unspecified atom stereocenters. The van der Waals surface area contributed by atoms with E-state index in [-0.39, 0.29) is 11.7 Å². The Balaban J connectivity index is 1.53. The minimum Gasteiger partial charge on any atom is -0.508 e. The second kappa shape index (κ2) is 9.05. The molecule has 0 bridgehead atoms. The average molecular weight is 409 g/mol. The number of hydrogen-bond donors (Lipinski definition) is 3. The number of amides is 1. The zero-order valence-electron chi connectivity index (χ0n) is 16.9. The molecule has 0 aromatic heterocycles. The third-order valence-corrected chi connectivity index (χ3v) is 5.00. The van der Waals surface area contributed by atoms with Gasteiger partial charge in [-0.05, 0) is 66.2 Å². The summed E-state index contributed by atoms with van der Waals surface area (Å²) in [6.45, 7) is 0.613. The van der Waals surface area contributed by atoms with Gasteiger partial charge < -0.3 is 21.1 Å². The van der Waals surface area contributed by atoms with E-state index in [0.29, 0.717) is 23.5 Å². The topological polar surface area (TPSA) is 78.6 Å². The highest BCUT2D eigenvalue weighted by molar-refractivity contribution is 6.05. The van der Waals surface area contributed by atoms with Crippen molar-refractivity contribution in [3.05, 3.63) is 114 Å². The number of rotatable bonds is 6. The normalized spacial score (nSPS) is 10.5. The maximum atomic E-state index is 12.6. The van der Waals surface area contributed by atoms with Crippen LogP contribution in [0.3, 0.4) is 0 Å². The molecule has 4 rings (SSSR count). The van der Waals surface area contributed by atoms with Crippen LogP contribution in [0.25, 0.3) is 0 Å². The van der Waals surface area contributed by atoms with Crippen molar-refractivity contribution < 1.29 is 9.90 Å². The maximum Gasteiger partial charge on any atom is 0.255 e. The van der Waals surface area contributed by atoms with Crippen LogP contribution in [0.1, 0.15) is 15.9 Å². The summed E-state index contributed by atoms with van der Waals surface area (Å²) in [6, 6.07) is 31.8. The molecule has 154 valence electrons. The van der Waals surface area contributed by atoms with Crippen molar-refractivity contribution >= 4 is 28.7 Å². The number of anilines is 4. The molecule has 1 amide bonds. The highest BCUT2D eigenvalue weighted by Gasteiger charge is 2.12. The molecule has 0 saturated heterocycles. The Hall–Kier alpha value is -4.25. The highest BCUT2D eigenvalue weighted by atomic mass is 16.3. The van der Waals surface area contributed by atoms with Gasteiger partial charge in [0.15, 0.2) is 0 Å². The number of benzene rings is 4. The summed E-state index contributed by atoms with van der Waals surface area (Å²) in [4.78, 5) is 14.7. The van der Waals surface area contributed by atoms with Crippen LogP contribution in [0, 0.1) is 0 Å². The Morgan fingerprint density at radius 1 is 0.774 bits per heavy atom. The first-order valence-corrected chi connectivity index (χ1v) is 9.96. The number of carbonyl (C=O) groups excluding carboxylic acids is 1. The summed E-state index contributed by atoms with van der Waals surface area (Å²) < 4.78 is 0. The van der Waals surface area contributed by atoms with E-state index in [1.165, 1.54) is 0 Å². The monoisotopic (exact) mass is 409 g/mol. The Morgan fingerprint density at radius 2 is 1.39 bits per heavy atom. The minimum atomic E-state index is -0.206. The number of aromatic hydroxyl groups is 1. The third-order valence-electron chi connectivity index (χ3n) is 5.00. The average Bonchev–Trinajstić information content (AvgIpc) is 2.81. The number of para-hydroxylation sites is 3. The Labute approximate surface area is 181 Å². The molecule has 0 aliphatic rings. The van der Waals surface area contributed by atoms with Gasteiger partial charge in [0.1, 0.15) is 5.75 Å². The lowest BCUT2D eigenvalue weighted by molar-refractivity contribution is 0.102. The molecule has 0 spiro atoms. The predicted octanol–water partition coefficient (Wildman–Crippen LogP) is 5.57. The van der Waals surface area contributed by atoms with Gasteiger partial charge >= 0.3 is 0 Å². The standard InChI is InChI=1S/C26H23N3O2/c27-24-8-4-5-9-25(24)28-26(31)20-12-10-19(11-13-20)18-29(21-6-2-1-3-7-21)22-14-16-23(30)17-15-22/h1-17,30H,18,27H2,(H,28,31). The van der Waals surface area contributed by atoms with Gasteiger partial charge in [-0.2, -0.15) is 0 Å². The van der Waals surface area contributed by atoms with Gasteiger partial charge in [-0.3, -0.25) is 4.79 Å². The van der Waals surface area contributed by atoms with Crippen LogP contribution in [0.15, 0.2) is 103 Å². The van der Waals surface area contributed by atoms with E-state index in [2.05, 4.69) is 10.2 Å². The van der Waals surface area contributed by atoms with Crippen LogP contribution in [0.4, 0.5) is 22.7 Å². The van der Waals surface area contributed by atoms with E-state index in [0.717, 1.165) is 16.9 Å². The number of hydrogen-bond acceptors (Lipinski definition) is 4. The quantitative estimate of drug-likeness (QED) is 0.364. The molecule has 5 nitrogen and oxygen atoms in total. The van der Waals surface area contributed by atoms with Crippen molar-refractivity contribution in [1.29, 1.82) is 0 Å². The second-order valence-electron chi connectivity index (χ2n) is 7.18. The summed E-state index contributed by atoms with van der Waals surface area (Å²) in [7, 11) is 0. The molecule has 0 heterocycles. The van der Waals surface area contributed by atoms with Crippen molar-refractivity contribution in [3.8, 4) is 5.75 Å². The summed E-state index contributed by atoms with van der Waals surface area (Å²) in [5, 5.41) is 12.5. The Morgan fingerprint density at radius 3 is 2.06 bits per heavy atom. The Kier molecular flexibility index (Phi) is 5.85. The molecule has 4 aromatic rings. The van der Waals surface area contributed by atoms with E-state index in [1.54, 1.807) is 24.3 Å². The van der Waals surface area contributed by atoms with Crippen LogP contribution in [-0.4, -0.2) is 11.0 Å². The van der Waals surface area contributed by atoms with Crippen molar-refractivity contribution in [2.45, 2.75) is 6.54 Å². The fraction of sp³-hybridized carbons (Fsp3) is 0.0385. The number of phenols is 1. The molecule has 4 N–H and O–H groups in total. The zero-order chi connectivity index (χ0) is 21.6. The fourth-order valence-corrected chi connectivity index (χ4v) is 3.32. The Bertz CT molecular complexity index is 1160. The SMILES string of the molecule is Nc1ccccc1NC(=O)c1ccc(CN(c2ccccc2)c2ccc(O)cc2)cc1. The first kappa shape index (κ1) is 20.0. The summed E-state index contributed by atoms with van der Waals surface area (Å²) in [6.07, 6.45) is 0. The largest absolute Gasteiger partial charge is 0.508 e. The molecule has 31 heavy (non-hydrogen) atoms. The van der Waals surface area contributed by atoms with Gasteiger partial charge in [0.2, 0.25) is 0 Å². The van der Waals surface area contributed by atoms with Gasteiger partial charge in [0.25, 0.3) is 5.91 Å². The summed E-state index contributed by atoms with van der Waals surface area (Å²) in [5.74, 6) is 0.0223. The van der Waals surface area contributed by atoms with E-state index in [1.807, 2.05) is 78.9 Å². The third kappa shape index (κ3) is 4.85. The zero-order valence-corrected chi connectivity index (χ0v) is 16.9. The molecule has 0 aliphatic carbocycles. The summed E-state index contributed by atoms with van der Waals surface area (Å²) in [5.41, 5.74) is 10.6. The van der Waals surface area contributed by atoms with Crippen LogP contribution in [0.5, 0.6) is 5.75 Å². The van der Waals surface area contributed by atoms with Crippen LogP contribution < -0.4 is 16.0 Å². The summed E-state index contributed by atoms with van der Waals surface area (Å²) >= 11 is 0. The van der Waals surface area contributed by atoms with Crippen molar-refractivity contribution in [1.82, 2.24) is 0 Å². The molecule has 0 aliphatic heterocycles. The van der Waals surface area contributed by atoms with E-state index < -0.39 is 0 Å². The fourth-order valence-electron chi connectivity index (χ4n) is 3.32. The molecular weight excluding hydrogens is 386 g/mol. The first-order valence-electron chi connectivity index (χ1n) is 9.96. The van der Waals surface area contributed by atoms with E-state index >= 15 is 0 Å². The number of nitrogen functional groups attached to an aromatic ring is 1. The van der Waals surface area contributed by atoms with Gasteiger partial charge in [-0.15, -0.1) is 0 Å². The maximum absolute atomic E-state index is 12.6. The van der Waals surface area contributed by atoms with Crippen molar-refractivity contribution in [2.75, 3.05) is 16.0 Å². The minimum absolute atomic E-state index is 0.206. The molecule has 0 radical (unpaired) electrons. The van der Waals surface area contributed by atoms with Crippen LogP contribution >= 0.6 is 0 Å². The second-order valence-corrected chi connectivity index (χ2v) is 7.18. The van der Waals surface area contributed by atoms with E-state index in [9.17, 15) is 9.90 Å².